The minimum absolute atomic E-state index is 0.00438. The van der Waals surface area contributed by atoms with Crippen molar-refractivity contribution in [3.05, 3.63) is 28.8 Å². The van der Waals surface area contributed by atoms with Crippen LogP contribution in [0.1, 0.15) is 44.0 Å². The molecule has 2 saturated heterocycles. The molecule has 1 unspecified atom stereocenters. The molecule has 0 aliphatic carbocycles. The van der Waals surface area contributed by atoms with Crippen molar-refractivity contribution in [3.63, 3.8) is 0 Å². The van der Waals surface area contributed by atoms with E-state index in [9.17, 15) is 14.4 Å². The van der Waals surface area contributed by atoms with E-state index in [-0.39, 0.29) is 35.6 Å². The molecule has 2 fully saturated rings. The van der Waals surface area contributed by atoms with Crippen LogP contribution in [0.2, 0.25) is 5.02 Å². The average molecular weight is 436 g/mol. The number of benzene rings is 1. The number of ether oxygens (including phenoxy) is 1. The Labute approximate surface area is 182 Å². The van der Waals surface area contributed by atoms with Crippen molar-refractivity contribution in [1.29, 1.82) is 0 Å². The van der Waals surface area contributed by atoms with Crippen LogP contribution >= 0.6 is 11.6 Å². The Morgan fingerprint density at radius 3 is 2.40 bits per heavy atom. The molecular formula is C22H30ClN3O4. The minimum atomic E-state index is -0.313. The van der Waals surface area contributed by atoms with Crippen LogP contribution < -0.4 is 4.74 Å². The van der Waals surface area contributed by atoms with Crippen molar-refractivity contribution >= 4 is 29.3 Å². The van der Waals surface area contributed by atoms with E-state index in [0.717, 1.165) is 0 Å². The molecule has 7 nitrogen and oxygen atoms in total. The second-order valence-corrected chi connectivity index (χ2v) is 9.33. The van der Waals surface area contributed by atoms with E-state index >= 15 is 0 Å². The van der Waals surface area contributed by atoms with Crippen LogP contribution in [0, 0.1) is 5.92 Å². The van der Waals surface area contributed by atoms with Gasteiger partial charge in [0.15, 0.2) is 0 Å². The summed E-state index contributed by atoms with van der Waals surface area (Å²) in [6, 6.07) is 4.98. The highest BCUT2D eigenvalue weighted by Gasteiger charge is 2.41. The fourth-order valence-corrected chi connectivity index (χ4v) is 4.31. The Kier molecular flexibility index (Phi) is 6.60. The largest absolute Gasteiger partial charge is 0.496 e. The summed E-state index contributed by atoms with van der Waals surface area (Å²) < 4.78 is 5.31. The van der Waals surface area contributed by atoms with Gasteiger partial charge in [0.25, 0.3) is 5.91 Å². The number of likely N-dealkylation sites (tertiary alicyclic amines) is 1. The number of halogens is 1. The number of carbonyl (C=O) groups is 3. The fourth-order valence-electron chi connectivity index (χ4n) is 4.14. The van der Waals surface area contributed by atoms with Crippen molar-refractivity contribution in [2.75, 3.05) is 39.8 Å². The highest BCUT2D eigenvalue weighted by Crippen LogP contribution is 2.28. The summed E-state index contributed by atoms with van der Waals surface area (Å²) in [5.74, 6) is 0.0455. The van der Waals surface area contributed by atoms with E-state index in [1.165, 1.54) is 7.11 Å². The quantitative estimate of drug-likeness (QED) is 0.731. The van der Waals surface area contributed by atoms with Gasteiger partial charge < -0.3 is 19.4 Å². The third-order valence-corrected chi connectivity index (χ3v) is 6.01. The first-order valence-corrected chi connectivity index (χ1v) is 10.7. The molecular weight excluding hydrogens is 406 g/mol. The number of hydrogen-bond acceptors (Lipinski definition) is 4. The first kappa shape index (κ1) is 22.4. The second kappa shape index (κ2) is 8.84. The Balaban J connectivity index is 1.65. The smallest absolute Gasteiger partial charge is 0.257 e. The molecule has 30 heavy (non-hydrogen) atoms. The molecule has 0 N–H and O–H groups in total. The second-order valence-electron chi connectivity index (χ2n) is 8.89. The molecule has 2 aliphatic heterocycles. The molecule has 8 heteroatoms. The molecule has 1 atom stereocenters. The van der Waals surface area contributed by atoms with Gasteiger partial charge in [0.1, 0.15) is 5.75 Å². The number of carbonyl (C=O) groups excluding carboxylic acids is 3. The SMILES string of the molecule is COc1ccc(Cl)cc1C(=O)N1CCCN(C(=O)C2CC(=O)N(C(C)(C)C)C2)CC1. The summed E-state index contributed by atoms with van der Waals surface area (Å²) in [5.41, 5.74) is 0.136. The zero-order chi connectivity index (χ0) is 22.1. The highest BCUT2D eigenvalue weighted by molar-refractivity contribution is 6.31. The van der Waals surface area contributed by atoms with Crippen LogP contribution in [0.5, 0.6) is 5.75 Å². The number of rotatable bonds is 3. The van der Waals surface area contributed by atoms with Crippen LogP contribution in [0.15, 0.2) is 18.2 Å². The Morgan fingerprint density at radius 2 is 1.77 bits per heavy atom. The summed E-state index contributed by atoms with van der Waals surface area (Å²) >= 11 is 6.07. The lowest BCUT2D eigenvalue weighted by atomic mass is 10.1. The van der Waals surface area contributed by atoms with E-state index in [4.69, 9.17) is 16.3 Å². The number of hydrogen-bond donors (Lipinski definition) is 0. The molecule has 1 aromatic rings. The Bertz CT molecular complexity index is 836. The molecule has 0 radical (unpaired) electrons. The van der Waals surface area contributed by atoms with Gasteiger partial charge in [-0.25, -0.2) is 0 Å². The lowest BCUT2D eigenvalue weighted by Gasteiger charge is -2.32. The van der Waals surface area contributed by atoms with Gasteiger partial charge >= 0.3 is 0 Å². The molecule has 2 aliphatic rings. The number of nitrogens with zero attached hydrogens (tertiary/aromatic N) is 3. The van der Waals surface area contributed by atoms with Gasteiger partial charge in [-0.2, -0.15) is 0 Å². The zero-order valence-electron chi connectivity index (χ0n) is 18.1. The maximum Gasteiger partial charge on any atom is 0.257 e. The van der Waals surface area contributed by atoms with Gasteiger partial charge in [-0.15, -0.1) is 0 Å². The standard InChI is InChI=1S/C22H30ClN3O4/c1-22(2,3)26-14-15(12-19(26)27)20(28)24-8-5-9-25(11-10-24)21(29)17-13-16(23)6-7-18(17)30-4/h6-7,13,15H,5,8-12,14H2,1-4H3. The highest BCUT2D eigenvalue weighted by atomic mass is 35.5. The molecule has 1 aromatic carbocycles. The van der Waals surface area contributed by atoms with E-state index < -0.39 is 0 Å². The fraction of sp³-hybridized carbons (Fsp3) is 0.591. The van der Waals surface area contributed by atoms with Crippen molar-refractivity contribution in [2.24, 2.45) is 5.92 Å². The van der Waals surface area contributed by atoms with Gasteiger partial charge in [0.2, 0.25) is 11.8 Å². The maximum atomic E-state index is 13.1. The van der Waals surface area contributed by atoms with Gasteiger partial charge in [0, 0.05) is 49.7 Å². The Hall–Kier alpha value is -2.28. The molecule has 0 bridgehead atoms. The molecule has 0 saturated carbocycles. The van der Waals surface area contributed by atoms with Crippen molar-refractivity contribution < 1.29 is 19.1 Å². The van der Waals surface area contributed by atoms with Gasteiger partial charge in [-0.05, 0) is 45.4 Å². The minimum Gasteiger partial charge on any atom is -0.496 e. The third-order valence-electron chi connectivity index (χ3n) is 5.77. The third kappa shape index (κ3) is 4.72. The number of methoxy groups -OCH3 is 1. The lowest BCUT2D eigenvalue weighted by Crippen LogP contribution is -2.44. The predicted octanol–water partition coefficient (Wildman–Crippen LogP) is 2.67. The van der Waals surface area contributed by atoms with Crippen molar-refractivity contribution in [3.8, 4) is 5.75 Å². The molecule has 2 heterocycles. The molecule has 3 amide bonds. The van der Waals surface area contributed by atoms with Crippen LogP contribution in [0.25, 0.3) is 0 Å². The lowest BCUT2D eigenvalue weighted by molar-refractivity contribution is -0.135. The van der Waals surface area contributed by atoms with Crippen molar-refractivity contribution in [1.82, 2.24) is 14.7 Å². The van der Waals surface area contributed by atoms with Crippen LogP contribution in [0.4, 0.5) is 0 Å². The summed E-state index contributed by atoms with van der Waals surface area (Å²) in [4.78, 5) is 43.8. The zero-order valence-corrected chi connectivity index (χ0v) is 18.9. The van der Waals surface area contributed by atoms with E-state index in [1.807, 2.05) is 20.8 Å². The maximum absolute atomic E-state index is 13.1. The van der Waals surface area contributed by atoms with E-state index in [1.54, 1.807) is 32.9 Å². The normalized spacial score (nSPS) is 20.4. The molecule has 164 valence electrons. The average Bonchev–Trinajstić information content (AvgIpc) is 2.94. The van der Waals surface area contributed by atoms with Gasteiger partial charge in [0.05, 0.1) is 18.6 Å². The first-order chi connectivity index (χ1) is 14.1. The summed E-state index contributed by atoms with van der Waals surface area (Å²) in [6.07, 6.45) is 0.943. The van der Waals surface area contributed by atoms with E-state index in [2.05, 4.69) is 0 Å². The molecule has 0 aromatic heterocycles. The summed E-state index contributed by atoms with van der Waals surface area (Å²) in [7, 11) is 1.52. The summed E-state index contributed by atoms with van der Waals surface area (Å²) in [5, 5.41) is 0.472. The number of amides is 3. The molecule has 3 rings (SSSR count). The first-order valence-electron chi connectivity index (χ1n) is 10.3. The van der Waals surface area contributed by atoms with E-state index in [0.29, 0.717) is 55.5 Å². The van der Waals surface area contributed by atoms with Crippen LogP contribution in [0.3, 0.4) is 0 Å². The predicted molar refractivity (Wildman–Crippen MR) is 115 cm³/mol. The van der Waals surface area contributed by atoms with Crippen LogP contribution in [-0.2, 0) is 9.59 Å². The van der Waals surface area contributed by atoms with Gasteiger partial charge in [-0.3, -0.25) is 14.4 Å². The Morgan fingerprint density at radius 1 is 1.10 bits per heavy atom. The topological polar surface area (TPSA) is 70.2 Å². The monoisotopic (exact) mass is 435 g/mol. The van der Waals surface area contributed by atoms with Crippen molar-refractivity contribution in [2.45, 2.75) is 39.2 Å². The summed E-state index contributed by atoms with van der Waals surface area (Å²) in [6.45, 7) is 8.43. The van der Waals surface area contributed by atoms with Gasteiger partial charge in [-0.1, -0.05) is 11.6 Å². The molecule has 0 spiro atoms. The van der Waals surface area contributed by atoms with Crippen LogP contribution in [-0.4, -0.2) is 77.8 Å².